The lowest BCUT2D eigenvalue weighted by Gasteiger charge is -2.27. The Kier molecular flexibility index (Phi) is 11.1. The van der Waals surface area contributed by atoms with E-state index in [1.807, 2.05) is 35.9 Å². The SMILES string of the molecule is CCNC(=O)Nc1ccc(-c2sc3c(c2CN(C)CCC(=O)N2CCCCC2)c(=O)n(-c2ccccc2)c(=O)n3Cc2c(F)cccc2F)cc1. The maximum absolute atomic E-state index is 15.1. The van der Waals surface area contributed by atoms with E-state index in [-0.39, 0.29) is 34.3 Å². The smallest absolute Gasteiger partial charge is 0.337 e. The highest BCUT2D eigenvalue weighted by atomic mass is 32.1. The number of piperidine rings is 1. The van der Waals surface area contributed by atoms with Crippen LogP contribution in [0.5, 0.6) is 0 Å². The summed E-state index contributed by atoms with van der Waals surface area (Å²) in [6, 6.07) is 18.7. The summed E-state index contributed by atoms with van der Waals surface area (Å²) >= 11 is 1.19. The minimum atomic E-state index is -0.808. The molecule has 0 unspecified atom stereocenters. The number of likely N-dealkylation sites (tertiary alicyclic amines) is 1. The zero-order valence-corrected chi connectivity index (χ0v) is 29.4. The first kappa shape index (κ1) is 35.7. The lowest BCUT2D eigenvalue weighted by molar-refractivity contribution is -0.132. The van der Waals surface area contributed by atoms with E-state index >= 15 is 8.78 Å². The molecule has 3 amide bonds. The van der Waals surface area contributed by atoms with Crippen LogP contribution < -0.4 is 21.9 Å². The second-order valence-corrected chi connectivity index (χ2v) is 13.6. The Balaban J connectivity index is 1.50. The number of nitrogens with one attached hydrogen (secondary N) is 2. The molecular formula is C38H40F2N6O4S. The number of anilines is 1. The lowest BCUT2D eigenvalue weighted by Crippen LogP contribution is -2.39. The highest BCUT2D eigenvalue weighted by Crippen LogP contribution is 2.38. The van der Waals surface area contributed by atoms with Gasteiger partial charge in [-0.3, -0.25) is 14.2 Å². The van der Waals surface area contributed by atoms with Gasteiger partial charge in [0.15, 0.2) is 0 Å². The molecule has 3 aromatic carbocycles. The fourth-order valence-electron chi connectivity index (χ4n) is 6.42. The van der Waals surface area contributed by atoms with Gasteiger partial charge in [-0.05, 0) is 80.8 Å². The zero-order valence-electron chi connectivity index (χ0n) is 28.6. The number of carbonyl (C=O) groups is 2. The molecule has 2 aromatic heterocycles. The molecule has 1 aliphatic heterocycles. The number of urea groups is 1. The van der Waals surface area contributed by atoms with E-state index in [4.69, 9.17) is 0 Å². The molecule has 10 nitrogen and oxygen atoms in total. The maximum Gasteiger partial charge on any atom is 0.337 e. The first-order valence-electron chi connectivity index (χ1n) is 17.1. The Morgan fingerprint density at radius 1 is 0.882 bits per heavy atom. The number of fused-ring (bicyclic) bond motifs is 1. The summed E-state index contributed by atoms with van der Waals surface area (Å²) < 4.78 is 32.4. The molecule has 51 heavy (non-hydrogen) atoms. The summed E-state index contributed by atoms with van der Waals surface area (Å²) in [7, 11) is 1.87. The molecule has 0 aliphatic carbocycles. The number of hydrogen-bond acceptors (Lipinski definition) is 6. The van der Waals surface area contributed by atoms with Crippen LogP contribution in [-0.4, -0.2) is 64.1 Å². The summed E-state index contributed by atoms with van der Waals surface area (Å²) in [5, 5.41) is 5.71. The Hall–Kier alpha value is -5.14. The van der Waals surface area contributed by atoms with Crippen LogP contribution in [0.3, 0.4) is 0 Å². The summed E-state index contributed by atoms with van der Waals surface area (Å²) in [6.45, 7) is 4.02. The number of para-hydroxylation sites is 1. The molecule has 5 aromatic rings. The van der Waals surface area contributed by atoms with Crippen LogP contribution >= 0.6 is 11.3 Å². The van der Waals surface area contributed by atoms with Crippen LogP contribution in [0.2, 0.25) is 0 Å². The second-order valence-electron chi connectivity index (χ2n) is 12.6. The van der Waals surface area contributed by atoms with Crippen molar-refractivity contribution >= 4 is 39.2 Å². The summed E-state index contributed by atoms with van der Waals surface area (Å²) in [5.74, 6) is -1.53. The number of amides is 3. The molecule has 0 spiro atoms. The fourth-order valence-corrected chi connectivity index (χ4v) is 7.72. The number of halogens is 2. The number of benzene rings is 3. The van der Waals surface area contributed by atoms with E-state index in [0.29, 0.717) is 46.9 Å². The van der Waals surface area contributed by atoms with Gasteiger partial charge >= 0.3 is 11.7 Å². The first-order valence-corrected chi connectivity index (χ1v) is 17.9. The standard InChI is InChI=1S/C38H40F2N6O4S/c1-3-41-37(49)42-26-17-15-25(16-18-26)34-29(23-43(2)22-19-32(47)44-20-8-5-9-21-44)33-35(48)46(27-11-6-4-7-12-27)38(50)45(36(33)51-34)24-28-30(39)13-10-14-31(28)40/h4,6-7,10-18H,3,5,8-9,19-24H2,1-2H3,(H2,41,42,49). The van der Waals surface area contributed by atoms with Crippen LogP contribution in [0.25, 0.3) is 26.3 Å². The predicted octanol–water partition coefficient (Wildman–Crippen LogP) is 6.18. The van der Waals surface area contributed by atoms with Crippen molar-refractivity contribution in [1.82, 2.24) is 24.3 Å². The van der Waals surface area contributed by atoms with Crippen molar-refractivity contribution in [3.8, 4) is 16.1 Å². The number of carbonyl (C=O) groups excluding carboxylic acids is 2. The van der Waals surface area contributed by atoms with Crippen LogP contribution in [0, 0.1) is 11.6 Å². The quantitative estimate of drug-likeness (QED) is 0.170. The molecule has 13 heteroatoms. The summed E-state index contributed by atoms with van der Waals surface area (Å²) in [4.78, 5) is 58.7. The van der Waals surface area contributed by atoms with Crippen molar-refractivity contribution in [3.63, 3.8) is 0 Å². The van der Waals surface area contributed by atoms with E-state index in [0.717, 1.165) is 49.1 Å². The largest absolute Gasteiger partial charge is 0.343 e. The number of nitrogens with zero attached hydrogens (tertiary/aromatic N) is 4. The first-order chi connectivity index (χ1) is 24.7. The van der Waals surface area contributed by atoms with E-state index < -0.39 is 29.4 Å². The van der Waals surface area contributed by atoms with E-state index in [1.165, 1.54) is 22.0 Å². The minimum absolute atomic E-state index is 0.0827. The summed E-state index contributed by atoms with van der Waals surface area (Å²) in [6.07, 6.45) is 3.42. The Labute approximate surface area is 297 Å². The number of aromatic nitrogens is 2. The molecule has 0 atom stereocenters. The highest BCUT2D eigenvalue weighted by Gasteiger charge is 2.26. The average molecular weight is 715 g/mol. The van der Waals surface area contributed by atoms with Gasteiger partial charge < -0.3 is 20.4 Å². The third-order valence-corrected chi connectivity index (χ3v) is 10.4. The van der Waals surface area contributed by atoms with Crippen molar-refractivity contribution in [1.29, 1.82) is 0 Å². The lowest BCUT2D eigenvalue weighted by atomic mass is 10.1. The van der Waals surface area contributed by atoms with Crippen molar-refractivity contribution < 1.29 is 18.4 Å². The molecular weight excluding hydrogens is 675 g/mol. The molecule has 6 rings (SSSR count). The van der Waals surface area contributed by atoms with Gasteiger partial charge in [0, 0.05) is 55.3 Å². The monoisotopic (exact) mass is 714 g/mol. The molecule has 1 aliphatic rings. The molecule has 3 heterocycles. The normalized spacial score (nSPS) is 13.2. The molecule has 2 N–H and O–H groups in total. The van der Waals surface area contributed by atoms with E-state index in [9.17, 15) is 19.2 Å². The number of rotatable bonds is 11. The maximum atomic E-state index is 15.1. The molecule has 1 fully saturated rings. The van der Waals surface area contributed by atoms with Crippen LogP contribution in [0.4, 0.5) is 19.3 Å². The second kappa shape index (κ2) is 15.8. The third-order valence-electron chi connectivity index (χ3n) is 9.05. The van der Waals surface area contributed by atoms with Crippen LogP contribution in [-0.2, 0) is 17.9 Å². The molecule has 266 valence electrons. The average Bonchev–Trinajstić information content (AvgIpc) is 3.50. The van der Waals surface area contributed by atoms with Gasteiger partial charge in [0.2, 0.25) is 5.91 Å². The minimum Gasteiger partial charge on any atom is -0.343 e. The Morgan fingerprint density at radius 3 is 2.24 bits per heavy atom. The van der Waals surface area contributed by atoms with E-state index in [1.54, 1.807) is 42.5 Å². The Morgan fingerprint density at radius 2 is 1.57 bits per heavy atom. The van der Waals surface area contributed by atoms with Gasteiger partial charge in [0.1, 0.15) is 16.5 Å². The third kappa shape index (κ3) is 7.79. The van der Waals surface area contributed by atoms with Crippen molar-refractivity contribution in [2.45, 2.75) is 45.7 Å². The molecule has 0 bridgehead atoms. The van der Waals surface area contributed by atoms with Crippen molar-refractivity contribution in [2.24, 2.45) is 0 Å². The van der Waals surface area contributed by atoms with Gasteiger partial charge in [0.05, 0.1) is 17.6 Å². The van der Waals surface area contributed by atoms with Crippen LogP contribution in [0.1, 0.15) is 43.7 Å². The molecule has 0 radical (unpaired) electrons. The molecule has 0 saturated carbocycles. The van der Waals surface area contributed by atoms with Gasteiger partial charge in [-0.1, -0.05) is 36.4 Å². The Bertz CT molecular complexity index is 2140. The summed E-state index contributed by atoms with van der Waals surface area (Å²) in [5.41, 5.74) is 0.608. The highest BCUT2D eigenvalue weighted by molar-refractivity contribution is 7.22. The number of hydrogen-bond donors (Lipinski definition) is 2. The number of thiophene rings is 1. The van der Waals surface area contributed by atoms with Crippen molar-refractivity contribution in [3.05, 3.63) is 116 Å². The van der Waals surface area contributed by atoms with Crippen molar-refractivity contribution in [2.75, 3.05) is 38.5 Å². The van der Waals surface area contributed by atoms with Crippen LogP contribution in [0.15, 0.2) is 82.4 Å². The van der Waals surface area contributed by atoms with Gasteiger partial charge in [0.25, 0.3) is 5.56 Å². The zero-order chi connectivity index (χ0) is 36.1. The van der Waals surface area contributed by atoms with E-state index in [2.05, 4.69) is 10.6 Å². The molecule has 1 saturated heterocycles. The predicted molar refractivity (Wildman–Crippen MR) is 197 cm³/mol. The van der Waals surface area contributed by atoms with Gasteiger partial charge in [-0.15, -0.1) is 11.3 Å². The van der Waals surface area contributed by atoms with Gasteiger partial charge in [-0.2, -0.15) is 0 Å². The topological polar surface area (TPSA) is 109 Å². The van der Waals surface area contributed by atoms with Gasteiger partial charge in [-0.25, -0.2) is 22.9 Å². The fraction of sp³-hybridized carbons (Fsp3) is 0.316.